The summed E-state index contributed by atoms with van der Waals surface area (Å²) in [5.74, 6) is -1.10. The maximum Gasteiger partial charge on any atom is 0.309 e. The van der Waals surface area contributed by atoms with Crippen LogP contribution in [0.3, 0.4) is 0 Å². The highest BCUT2D eigenvalue weighted by molar-refractivity contribution is 5.74. The fourth-order valence-corrected chi connectivity index (χ4v) is 4.30. The van der Waals surface area contributed by atoms with Crippen LogP contribution in [0.1, 0.15) is 109 Å². The van der Waals surface area contributed by atoms with Gasteiger partial charge in [-0.15, -0.1) is 0 Å². The number of carboxylic acid groups (broad SMARTS) is 1. The second-order valence-electron chi connectivity index (χ2n) is 9.09. The predicted molar refractivity (Wildman–Crippen MR) is 122 cm³/mol. The lowest BCUT2D eigenvalue weighted by molar-refractivity contribution is -0.155. The van der Waals surface area contributed by atoms with E-state index in [1.807, 2.05) is 0 Å². The molecule has 0 rings (SSSR count). The van der Waals surface area contributed by atoms with Gasteiger partial charge in [0.05, 0.1) is 30.8 Å². The van der Waals surface area contributed by atoms with Crippen molar-refractivity contribution >= 4 is 5.97 Å². The molecule has 0 aromatic rings. The van der Waals surface area contributed by atoms with Crippen LogP contribution < -0.4 is 0 Å². The van der Waals surface area contributed by atoms with Crippen LogP contribution in [-0.4, -0.2) is 68.6 Å². The van der Waals surface area contributed by atoms with Crippen molar-refractivity contribution in [2.45, 2.75) is 121 Å². The van der Waals surface area contributed by atoms with Crippen LogP contribution in [0.5, 0.6) is 0 Å². The lowest BCUT2D eigenvalue weighted by atomic mass is 9.73. The van der Waals surface area contributed by atoms with Crippen LogP contribution in [0.25, 0.3) is 0 Å². The molecular formula is C24H48O7. The van der Waals surface area contributed by atoms with E-state index in [0.717, 1.165) is 32.1 Å². The molecule has 2 unspecified atom stereocenters. The van der Waals surface area contributed by atoms with E-state index in [4.69, 9.17) is 15.3 Å². The molecule has 0 fully saturated rings. The summed E-state index contributed by atoms with van der Waals surface area (Å²) in [6.07, 6.45) is 13.6. The summed E-state index contributed by atoms with van der Waals surface area (Å²) in [5.41, 5.74) is -1.33. The summed E-state index contributed by atoms with van der Waals surface area (Å²) in [7, 11) is 0. The molecule has 0 aromatic carbocycles. The smallest absolute Gasteiger partial charge is 0.309 e. The quantitative estimate of drug-likeness (QED) is 0.132. The highest BCUT2D eigenvalue weighted by atomic mass is 16.4. The minimum Gasteiger partial charge on any atom is -0.481 e. The SMILES string of the molecule is O=C(O)C(CCCCCCCCCCCCCCCCO)(CC(O)CO)CC(O)CO. The van der Waals surface area contributed by atoms with Gasteiger partial charge in [0.1, 0.15) is 0 Å². The first-order valence-corrected chi connectivity index (χ1v) is 12.3. The lowest BCUT2D eigenvalue weighted by Crippen LogP contribution is -2.39. The molecule has 6 N–H and O–H groups in total. The first-order valence-electron chi connectivity index (χ1n) is 12.3. The van der Waals surface area contributed by atoms with Gasteiger partial charge in [0.2, 0.25) is 0 Å². The normalized spacial score (nSPS) is 15.5. The van der Waals surface area contributed by atoms with Crippen LogP contribution >= 0.6 is 0 Å². The average molecular weight is 449 g/mol. The third-order valence-corrected chi connectivity index (χ3v) is 6.19. The number of aliphatic hydroxyl groups is 5. The van der Waals surface area contributed by atoms with Crippen molar-refractivity contribution in [2.24, 2.45) is 5.41 Å². The summed E-state index contributed by atoms with van der Waals surface area (Å²) in [5, 5.41) is 56.3. The van der Waals surface area contributed by atoms with E-state index >= 15 is 0 Å². The van der Waals surface area contributed by atoms with Crippen molar-refractivity contribution in [3.8, 4) is 0 Å². The Bertz CT molecular complexity index is 405. The molecule has 0 heterocycles. The largest absolute Gasteiger partial charge is 0.481 e. The van der Waals surface area contributed by atoms with E-state index in [1.54, 1.807) is 0 Å². The van der Waals surface area contributed by atoms with Crippen LogP contribution in [0, 0.1) is 5.41 Å². The molecule has 186 valence electrons. The van der Waals surface area contributed by atoms with Gasteiger partial charge in [-0.1, -0.05) is 83.5 Å². The zero-order valence-corrected chi connectivity index (χ0v) is 19.4. The molecular weight excluding hydrogens is 400 g/mol. The fraction of sp³-hybridized carbons (Fsp3) is 0.958. The van der Waals surface area contributed by atoms with Crippen molar-refractivity contribution in [1.82, 2.24) is 0 Å². The number of hydrogen-bond donors (Lipinski definition) is 6. The Labute approximate surface area is 188 Å². The molecule has 0 aliphatic carbocycles. The van der Waals surface area contributed by atoms with Crippen molar-refractivity contribution in [3.05, 3.63) is 0 Å². The molecule has 31 heavy (non-hydrogen) atoms. The number of unbranched alkanes of at least 4 members (excludes halogenated alkanes) is 13. The predicted octanol–water partition coefficient (Wildman–Crippen LogP) is 3.39. The highest BCUT2D eigenvalue weighted by Gasteiger charge is 2.41. The van der Waals surface area contributed by atoms with Gasteiger partial charge in [-0.2, -0.15) is 0 Å². The van der Waals surface area contributed by atoms with Crippen molar-refractivity contribution in [3.63, 3.8) is 0 Å². The molecule has 0 spiro atoms. The van der Waals surface area contributed by atoms with Gasteiger partial charge in [-0.05, 0) is 25.7 Å². The third-order valence-electron chi connectivity index (χ3n) is 6.19. The Morgan fingerprint density at radius 1 is 0.581 bits per heavy atom. The van der Waals surface area contributed by atoms with E-state index in [1.165, 1.54) is 51.4 Å². The number of carbonyl (C=O) groups is 1. The second kappa shape index (κ2) is 19.9. The van der Waals surface area contributed by atoms with Gasteiger partial charge in [-0.25, -0.2) is 0 Å². The zero-order chi connectivity index (χ0) is 23.4. The van der Waals surface area contributed by atoms with Crippen molar-refractivity contribution < 1.29 is 35.4 Å². The minimum absolute atomic E-state index is 0.128. The summed E-state index contributed by atoms with van der Waals surface area (Å²) in [6.45, 7) is -0.734. The Morgan fingerprint density at radius 3 is 1.19 bits per heavy atom. The summed E-state index contributed by atoms with van der Waals surface area (Å²) in [4.78, 5) is 11.9. The van der Waals surface area contributed by atoms with E-state index in [0.29, 0.717) is 19.4 Å². The average Bonchev–Trinajstić information content (AvgIpc) is 2.75. The molecule has 0 amide bonds. The summed E-state index contributed by atoms with van der Waals surface area (Å²) < 4.78 is 0. The summed E-state index contributed by atoms with van der Waals surface area (Å²) in [6, 6.07) is 0. The minimum atomic E-state index is -1.33. The van der Waals surface area contributed by atoms with E-state index in [2.05, 4.69) is 0 Å². The topological polar surface area (TPSA) is 138 Å². The molecule has 0 saturated carbocycles. The highest BCUT2D eigenvalue weighted by Crippen LogP contribution is 2.36. The molecule has 0 aromatic heterocycles. The van der Waals surface area contributed by atoms with Gasteiger partial charge < -0.3 is 30.6 Å². The van der Waals surface area contributed by atoms with Crippen molar-refractivity contribution in [1.29, 1.82) is 0 Å². The van der Waals surface area contributed by atoms with Gasteiger partial charge in [-0.3, -0.25) is 4.79 Å². The monoisotopic (exact) mass is 448 g/mol. The molecule has 0 bridgehead atoms. The van der Waals surface area contributed by atoms with Gasteiger partial charge in [0.15, 0.2) is 0 Å². The Kier molecular flexibility index (Phi) is 19.4. The number of rotatable bonds is 23. The second-order valence-corrected chi connectivity index (χ2v) is 9.09. The van der Waals surface area contributed by atoms with E-state index < -0.39 is 36.8 Å². The molecule has 7 nitrogen and oxygen atoms in total. The number of hydrogen-bond acceptors (Lipinski definition) is 6. The zero-order valence-electron chi connectivity index (χ0n) is 19.4. The Morgan fingerprint density at radius 2 is 0.903 bits per heavy atom. The lowest BCUT2D eigenvalue weighted by Gasteiger charge is -2.32. The van der Waals surface area contributed by atoms with Crippen LogP contribution in [0.4, 0.5) is 0 Å². The van der Waals surface area contributed by atoms with Gasteiger partial charge in [0.25, 0.3) is 0 Å². The van der Waals surface area contributed by atoms with Crippen LogP contribution in [0.15, 0.2) is 0 Å². The van der Waals surface area contributed by atoms with Crippen LogP contribution in [0.2, 0.25) is 0 Å². The molecule has 0 aliphatic heterocycles. The molecule has 2 atom stereocenters. The molecule has 0 radical (unpaired) electrons. The summed E-state index contributed by atoms with van der Waals surface area (Å²) >= 11 is 0. The van der Waals surface area contributed by atoms with Crippen LogP contribution in [-0.2, 0) is 4.79 Å². The van der Waals surface area contributed by atoms with Gasteiger partial charge >= 0.3 is 5.97 Å². The van der Waals surface area contributed by atoms with E-state index in [9.17, 15) is 20.1 Å². The Balaban J connectivity index is 3.95. The molecule has 0 aliphatic rings. The number of aliphatic hydroxyl groups excluding tert-OH is 5. The third kappa shape index (κ3) is 15.7. The fourth-order valence-electron chi connectivity index (χ4n) is 4.30. The van der Waals surface area contributed by atoms with E-state index in [-0.39, 0.29) is 12.8 Å². The molecule has 7 heteroatoms. The Hall–Kier alpha value is -0.730. The molecule has 0 saturated heterocycles. The number of aliphatic carboxylic acids is 1. The standard InChI is InChI=1S/C24H48O7/c25-16-14-12-10-8-6-4-2-1-3-5-7-9-11-13-15-24(23(30)31,17-21(28)19-26)18-22(29)20-27/h21-22,25-29H,1-20H2,(H,30,31). The first-order chi connectivity index (χ1) is 14.9. The van der Waals surface area contributed by atoms with Crippen molar-refractivity contribution in [2.75, 3.05) is 19.8 Å². The maximum atomic E-state index is 11.9. The van der Waals surface area contributed by atoms with Gasteiger partial charge in [0, 0.05) is 6.61 Å². The number of carboxylic acids is 1. The maximum absolute atomic E-state index is 11.9. The first kappa shape index (κ1) is 30.3.